The second kappa shape index (κ2) is 3.97. The summed E-state index contributed by atoms with van der Waals surface area (Å²) in [4.78, 5) is 15.9. The second-order valence-electron chi connectivity index (χ2n) is 4.27. The monoisotopic (exact) mass is 235 g/mol. The van der Waals surface area contributed by atoms with Crippen molar-refractivity contribution in [2.75, 3.05) is 5.01 Å². The van der Waals surface area contributed by atoms with E-state index >= 15 is 0 Å². The molecular weight excluding hydrogens is 222 g/mol. The highest BCUT2D eigenvalue weighted by molar-refractivity contribution is 7.13. The van der Waals surface area contributed by atoms with Crippen LogP contribution in [0.4, 0.5) is 5.13 Å². The number of thiazole rings is 1. The lowest BCUT2D eigenvalue weighted by Crippen LogP contribution is -2.19. The summed E-state index contributed by atoms with van der Waals surface area (Å²) in [6.07, 6.45) is 7.13. The molecule has 4 nitrogen and oxygen atoms in total. The highest BCUT2D eigenvalue weighted by atomic mass is 32.1. The lowest BCUT2D eigenvalue weighted by atomic mass is 10.00. The number of rotatable bonds is 2. The standard InChI is InChI=1S/C11H13N3OS/c15-10-7-9(8-3-1-2-4-8)13-14(10)11-12-5-6-16-11/h5-6,8H,1-4,7H2. The molecule has 1 fully saturated rings. The van der Waals surface area contributed by atoms with Crippen LogP contribution < -0.4 is 5.01 Å². The summed E-state index contributed by atoms with van der Waals surface area (Å²) in [6.45, 7) is 0. The number of anilines is 1. The van der Waals surface area contributed by atoms with Gasteiger partial charge in [0, 0.05) is 11.6 Å². The predicted octanol–water partition coefficient (Wildman–Crippen LogP) is 2.43. The summed E-state index contributed by atoms with van der Waals surface area (Å²) in [5, 5.41) is 8.47. The van der Waals surface area contributed by atoms with Crippen LogP contribution >= 0.6 is 11.3 Å². The van der Waals surface area contributed by atoms with Gasteiger partial charge in [-0.05, 0) is 18.8 Å². The Bertz CT molecular complexity index is 420. The van der Waals surface area contributed by atoms with Gasteiger partial charge < -0.3 is 0 Å². The first-order valence-electron chi connectivity index (χ1n) is 5.64. The molecule has 2 aliphatic rings. The average Bonchev–Trinajstić information content (AvgIpc) is 2.97. The third-order valence-corrected chi connectivity index (χ3v) is 3.97. The van der Waals surface area contributed by atoms with Crippen LogP contribution in [0.25, 0.3) is 0 Å². The Morgan fingerprint density at radius 1 is 1.38 bits per heavy atom. The Hall–Kier alpha value is -1.23. The van der Waals surface area contributed by atoms with Gasteiger partial charge in [-0.15, -0.1) is 11.3 Å². The molecule has 2 heterocycles. The minimum atomic E-state index is 0.0665. The minimum absolute atomic E-state index is 0.0665. The van der Waals surface area contributed by atoms with E-state index in [1.54, 1.807) is 6.20 Å². The fourth-order valence-electron chi connectivity index (χ4n) is 2.40. The molecule has 0 aromatic carbocycles. The number of hydrogen-bond donors (Lipinski definition) is 0. The number of aromatic nitrogens is 1. The molecule has 5 heteroatoms. The fourth-order valence-corrected chi connectivity index (χ4v) is 3.01. The second-order valence-corrected chi connectivity index (χ2v) is 5.14. The third-order valence-electron chi connectivity index (χ3n) is 3.22. The van der Waals surface area contributed by atoms with Crippen LogP contribution in [0.2, 0.25) is 0 Å². The Morgan fingerprint density at radius 3 is 2.88 bits per heavy atom. The Labute approximate surface area is 98.0 Å². The first-order valence-corrected chi connectivity index (χ1v) is 6.52. The van der Waals surface area contributed by atoms with Crippen molar-refractivity contribution in [2.24, 2.45) is 11.0 Å². The van der Waals surface area contributed by atoms with Crippen molar-refractivity contribution in [1.82, 2.24) is 4.98 Å². The summed E-state index contributed by atoms with van der Waals surface area (Å²) in [6, 6.07) is 0. The molecule has 1 aromatic heterocycles. The van der Waals surface area contributed by atoms with E-state index in [1.807, 2.05) is 5.38 Å². The molecule has 1 saturated carbocycles. The van der Waals surface area contributed by atoms with Gasteiger partial charge in [0.25, 0.3) is 5.91 Å². The maximum absolute atomic E-state index is 11.8. The van der Waals surface area contributed by atoms with Crippen molar-refractivity contribution < 1.29 is 4.79 Å². The molecule has 16 heavy (non-hydrogen) atoms. The van der Waals surface area contributed by atoms with E-state index in [4.69, 9.17) is 0 Å². The minimum Gasteiger partial charge on any atom is -0.272 e. The number of carbonyl (C=O) groups is 1. The first kappa shape index (κ1) is 9.96. The molecule has 0 unspecified atom stereocenters. The van der Waals surface area contributed by atoms with E-state index in [9.17, 15) is 4.79 Å². The molecule has 0 N–H and O–H groups in total. The molecule has 1 amide bonds. The van der Waals surface area contributed by atoms with Crippen LogP contribution in [0.15, 0.2) is 16.7 Å². The summed E-state index contributed by atoms with van der Waals surface area (Å²) in [5.41, 5.74) is 1.07. The maximum Gasteiger partial charge on any atom is 0.255 e. The fraction of sp³-hybridized carbons (Fsp3) is 0.545. The zero-order valence-corrected chi connectivity index (χ0v) is 9.74. The van der Waals surface area contributed by atoms with Gasteiger partial charge in [-0.3, -0.25) is 4.79 Å². The molecule has 84 valence electrons. The molecule has 1 aliphatic carbocycles. The topological polar surface area (TPSA) is 45.6 Å². The highest BCUT2D eigenvalue weighted by Crippen LogP contribution is 2.31. The van der Waals surface area contributed by atoms with Gasteiger partial charge in [-0.25, -0.2) is 4.98 Å². The Balaban J connectivity index is 1.83. The van der Waals surface area contributed by atoms with Crippen molar-refractivity contribution in [1.29, 1.82) is 0 Å². The van der Waals surface area contributed by atoms with Crippen molar-refractivity contribution >= 4 is 28.1 Å². The number of nitrogens with zero attached hydrogens (tertiary/aromatic N) is 3. The van der Waals surface area contributed by atoms with Crippen LogP contribution in [0, 0.1) is 5.92 Å². The summed E-state index contributed by atoms with van der Waals surface area (Å²) in [7, 11) is 0. The van der Waals surface area contributed by atoms with Crippen LogP contribution in [-0.2, 0) is 4.79 Å². The summed E-state index contributed by atoms with van der Waals surface area (Å²) in [5.74, 6) is 0.603. The van der Waals surface area contributed by atoms with E-state index in [2.05, 4.69) is 10.1 Å². The number of hydrogen-bond acceptors (Lipinski definition) is 4. The molecule has 3 rings (SSSR count). The molecule has 0 spiro atoms. The quantitative estimate of drug-likeness (QED) is 0.790. The molecule has 0 radical (unpaired) electrons. The van der Waals surface area contributed by atoms with Crippen LogP contribution in [0.5, 0.6) is 0 Å². The lowest BCUT2D eigenvalue weighted by Gasteiger charge is -2.06. The van der Waals surface area contributed by atoms with Crippen LogP contribution in [0.1, 0.15) is 32.1 Å². The van der Waals surface area contributed by atoms with Gasteiger partial charge in [0.05, 0.1) is 12.1 Å². The third kappa shape index (κ3) is 1.65. The Morgan fingerprint density at radius 2 is 2.19 bits per heavy atom. The zero-order valence-electron chi connectivity index (χ0n) is 8.93. The normalized spacial score (nSPS) is 21.9. The molecule has 0 saturated heterocycles. The Kier molecular flexibility index (Phi) is 2.47. The van der Waals surface area contributed by atoms with Gasteiger partial charge in [0.2, 0.25) is 5.13 Å². The van der Waals surface area contributed by atoms with Crippen molar-refractivity contribution in [2.45, 2.75) is 32.1 Å². The maximum atomic E-state index is 11.8. The average molecular weight is 235 g/mol. The number of hydrazone groups is 1. The van der Waals surface area contributed by atoms with E-state index in [1.165, 1.54) is 42.0 Å². The van der Waals surface area contributed by atoms with Crippen molar-refractivity contribution in [3.8, 4) is 0 Å². The van der Waals surface area contributed by atoms with Crippen LogP contribution in [0.3, 0.4) is 0 Å². The first-order chi connectivity index (χ1) is 7.84. The van der Waals surface area contributed by atoms with E-state index in [-0.39, 0.29) is 5.91 Å². The van der Waals surface area contributed by atoms with Gasteiger partial charge in [-0.2, -0.15) is 10.1 Å². The number of amides is 1. The van der Waals surface area contributed by atoms with E-state index in [0.29, 0.717) is 17.5 Å². The lowest BCUT2D eigenvalue weighted by molar-refractivity contribution is -0.116. The SMILES string of the molecule is O=C1CC(C2CCCC2)=NN1c1nccs1. The van der Waals surface area contributed by atoms with E-state index < -0.39 is 0 Å². The molecular formula is C11H13N3OS. The largest absolute Gasteiger partial charge is 0.272 e. The molecule has 0 atom stereocenters. The number of carbonyl (C=O) groups excluding carboxylic acids is 1. The van der Waals surface area contributed by atoms with Gasteiger partial charge in [-0.1, -0.05) is 12.8 Å². The van der Waals surface area contributed by atoms with Crippen molar-refractivity contribution in [3.05, 3.63) is 11.6 Å². The van der Waals surface area contributed by atoms with Crippen molar-refractivity contribution in [3.63, 3.8) is 0 Å². The van der Waals surface area contributed by atoms with Gasteiger partial charge in [0.15, 0.2) is 0 Å². The summed E-state index contributed by atoms with van der Waals surface area (Å²) < 4.78 is 0. The zero-order chi connectivity index (χ0) is 11.0. The van der Waals surface area contributed by atoms with E-state index in [0.717, 1.165) is 5.71 Å². The highest BCUT2D eigenvalue weighted by Gasteiger charge is 2.32. The molecule has 1 aromatic rings. The summed E-state index contributed by atoms with van der Waals surface area (Å²) >= 11 is 1.46. The molecule has 0 bridgehead atoms. The smallest absolute Gasteiger partial charge is 0.255 e. The van der Waals surface area contributed by atoms with Gasteiger partial charge >= 0.3 is 0 Å². The van der Waals surface area contributed by atoms with Gasteiger partial charge in [0.1, 0.15) is 0 Å². The predicted molar refractivity (Wildman–Crippen MR) is 63.6 cm³/mol. The molecule has 1 aliphatic heterocycles. The van der Waals surface area contributed by atoms with Crippen LogP contribution in [-0.4, -0.2) is 16.6 Å².